The molecule has 0 aromatic rings. The van der Waals surface area contributed by atoms with Gasteiger partial charge in [-0.1, -0.05) is 26.7 Å². The number of aliphatic hydroxyl groups excluding tert-OH is 1. The lowest BCUT2D eigenvalue weighted by atomic mass is 9.66. The number of carbonyl (C=O) groups is 1. The minimum Gasteiger partial charge on any atom is -0.391 e. The number of likely N-dealkylation sites (tertiary alicyclic amines) is 1. The first kappa shape index (κ1) is 14.6. The first-order valence-corrected chi connectivity index (χ1v) is 7.77. The van der Waals surface area contributed by atoms with E-state index in [0.717, 1.165) is 19.5 Å². The summed E-state index contributed by atoms with van der Waals surface area (Å²) in [5.41, 5.74) is 0.367. The Morgan fingerprint density at radius 3 is 2.74 bits per heavy atom. The van der Waals surface area contributed by atoms with Gasteiger partial charge < -0.3 is 15.3 Å². The molecular weight excluding hydrogens is 240 g/mol. The lowest BCUT2D eigenvalue weighted by Gasteiger charge is -2.43. The van der Waals surface area contributed by atoms with Crippen LogP contribution in [0.25, 0.3) is 0 Å². The number of piperidine rings is 1. The number of carbonyl (C=O) groups excluding carboxylic acids is 1. The highest BCUT2D eigenvalue weighted by Crippen LogP contribution is 2.44. The number of hydrogen-bond donors (Lipinski definition) is 2. The fraction of sp³-hybridized carbons (Fsp3) is 0.933. The maximum absolute atomic E-state index is 12.1. The van der Waals surface area contributed by atoms with Crippen molar-refractivity contribution in [3.05, 3.63) is 0 Å². The molecule has 2 aliphatic rings. The molecule has 1 aliphatic heterocycles. The second-order valence-corrected chi connectivity index (χ2v) is 6.54. The molecule has 0 radical (unpaired) electrons. The number of nitrogens with zero attached hydrogens (tertiary/aromatic N) is 1. The molecule has 2 fully saturated rings. The molecule has 2 amide bonds. The molecular formula is C15H28N2O2. The van der Waals surface area contributed by atoms with Crippen molar-refractivity contribution in [2.75, 3.05) is 19.6 Å². The van der Waals surface area contributed by atoms with Crippen LogP contribution in [0, 0.1) is 11.3 Å². The van der Waals surface area contributed by atoms with Crippen LogP contribution in [0.4, 0.5) is 4.79 Å². The zero-order chi connectivity index (χ0) is 13.9. The molecule has 1 saturated carbocycles. The second kappa shape index (κ2) is 6.12. The standard InChI is InChI=1S/C15H28N2O2/c1-3-6-15(7-4-8-15)11-16-14(19)17-9-5-12(2)13(18)10-17/h12-13,18H,3-11H2,1-2H3,(H,16,19). The largest absolute Gasteiger partial charge is 0.391 e. The molecule has 110 valence electrons. The molecule has 2 atom stereocenters. The molecule has 1 heterocycles. The van der Waals surface area contributed by atoms with Crippen molar-refractivity contribution < 1.29 is 9.90 Å². The number of rotatable bonds is 4. The normalized spacial score (nSPS) is 29.7. The van der Waals surface area contributed by atoms with Crippen LogP contribution in [0.2, 0.25) is 0 Å². The van der Waals surface area contributed by atoms with Crippen molar-refractivity contribution in [2.45, 2.75) is 58.5 Å². The molecule has 19 heavy (non-hydrogen) atoms. The molecule has 1 saturated heterocycles. The van der Waals surface area contributed by atoms with Crippen molar-refractivity contribution in [3.63, 3.8) is 0 Å². The molecule has 0 aromatic heterocycles. The Labute approximate surface area is 116 Å². The van der Waals surface area contributed by atoms with Crippen LogP contribution in [0.1, 0.15) is 52.4 Å². The quantitative estimate of drug-likeness (QED) is 0.822. The van der Waals surface area contributed by atoms with E-state index in [2.05, 4.69) is 12.2 Å². The van der Waals surface area contributed by atoms with Crippen LogP contribution in [-0.2, 0) is 0 Å². The average Bonchev–Trinajstić information content (AvgIpc) is 2.35. The first-order chi connectivity index (χ1) is 9.06. The van der Waals surface area contributed by atoms with Crippen molar-refractivity contribution in [2.24, 2.45) is 11.3 Å². The maximum Gasteiger partial charge on any atom is 0.317 e. The van der Waals surface area contributed by atoms with Gasteiger partial charge in [0.2, 0.25) is 0 Å². The highest BCUT2D eigenvalue weighted by atomic mass is 16.3. The van der Waals surface area contributed by atoms with Gasteiger partial charge in [0.15, 0.2) is 0 Å². The van der Waals surface area contributed by atoms with E-state index in [4.69, 9.17) is 0 Å². The summed E-state index contributed by atoms with van der Waals surface area (Å²) in [5, 5.41) is 12.9. The van der Waals surface area contributed by atoms with Crippen molar-refractivity contribution in [1.29, 1.82) is 0 Å². The Bertz CT molecular complexity index is 315. The average molecular weight is 268 g/mol. The molecule has 0 aromatic carbocycles. The summed E-state index contributed by atoms with van der Waals surface area (Å²) in [6.45, 7) is 6.31. The zero-order valence-corrected chi connectivity index (χ0v) is 12.3. The van der Waals surface area contributed by atoms with E-state index in [-0.39, 0.29) is 12.1 Å². The third-order valence-corrected chi connectivity index (χ3v) is 5.02. The number of hydrogen-bond acceptors (Lipinski definition) is 2. The number of amides is 2. The van der Waals surface area contributed by atoms with Gasteiger partial charge in [0.25, 0.3) is 0 Å². The Balaban J connectivity index is 1.78. The van der Waals surface area contributed by atoms with Gasteiger partial charge in [-0.2, -0.15) is 0 Å². The summed E-state index contributed by atoms with van der Waals surface area (Å²) >= 11 is 0. The smallest absolute Gasteiger partial charge is 0.317 e. The predicted molar refractivity (Wildman–Crippen MR) is 76.0 cm³/mol. The molecule has 0 bridgehead atoms. The summed E-state index contributed by atoms with van der Waals surface area (Å²) in [4.78, 5) is 13.9. The number of urea groups is 1. The van der Waals surface area contributed by atoms with Crippen molar-refractivity contribution in [3.8, 4) is 0 Å². The van der Waals surface area contributed by atoms with E-state index in [9.17, 15) is 9.90 Å². The third-order valence-electron chi connectivity index (χ3n) is 5.02. The van der Waals surface area contributed by atoms with Gasteiger partial charge in [-0.15, -0.1) is 0 Å². The van der Waals surface area contributed by atoms with Crippen LogP contribution in [0.5, 0.6) is 0 Å². The van der Waals surface area contributed by atoms with E-state index in [1.807, 2.05) is 6.92 Å². The summed E-state index contributed by atoms with van der Waals surface area (Å²) in [6, 6.07) is 0.00771. The Morgan fingerprint density at radius 1 is 1.47 bits per heavy atom. The highest BCUT2D eigenvalue weighted by Gasteiger charge is 2.36. The van der Waals surface area contributed by atoms with E-state index in [1.54, 1.807) is 4.90 Å². The molecule has 4 nitrogen and oxygen atoms in total. The van der Waals surface area contributed by atoms with Crippen molar-refractivity contribution >= 4 is 6.03 Å². The first-order valence-electron chi connectivity index (χ1n) is 7.77. The lowest BCUT2D eigenvalue weighted by Crippen LogP contribution is -2.52. The van der Waals surface area contributed by atoms with Crippen molar-refractivity contribution in [1.82, 2.24) is 10.2 Å². The molecule has 2 rings (SSSR count). The summed E-state index contributed by atoms with van der Waals surface area (Å²) in [6.07, 6.45) is 6.74. The summed E-state index contributed by atoms with van der Waals surface area (Å²) in [7, 11) is 0. The van der Waals surface area contributed by atoms with Gasteiger partial charge in [0.1, 0.15) is 0 Å². The van der Waals surface area contributed by atoms with Gasteiger partial charge in [-0.05, 0) is 37.0 Å². The van der Waals surface area contributed by atoms with Crippen LogP contribution < -0.4 is 5.32 Å². The van der Waals surface area contributed by atoms with Crippen LogP contribution in [-0.4, -0.2) is 41.8 Å². The molecule has 1 aliphatic carbocycles. The molecule has 4 heteroatoms. The van der Waals surface area contributed by atoms with Crippen LogP contribution in [0.3, 0.4) is 0 Å². The fourth-order valence-corrected chi connectivity index (χ4v) is 3.33. The molecule has 2 unspecified atom stereocenters. The SMILES string of the molecule is CCCC1(CNC(=O)N2CCC(C)C(O)C2)CCC1. The van der Waals surface area contributed by atoms with Gasteiger partial charge in [0.05, 0.1) is 6.10 Å². The molecule has 2 N–H and O–H groups in total. The highest BCUT2D eigenvalue weighted by molar-refractivity contribution is 5.74. The maximum atomic E-state index is 12.1. The minimum atomic E-state index is -0.368. The number of nitrogens with one attached hydrogen (secondary N) is 1. The zero-order valence-electron chi connectivity index (χ0n) is 12.3. The monoisotopic (exact) mass is 268 g/mol. The number of β-amino-alcohol motifs (C(OH)–C–C–N with tert-alkyl or cyclic N) is 1. The fourth-order valence-electron chi connectivity index (χ4n) is 3.33. The minimum absolute atomic E-state index is 0.00771. The molecule has 0 spiro atoms. The van der Waals surface area contributed by atoms with Gasteiger partial charge in [-0.3, -0.25) is 0 Å². The third kappa shape index (κ3) is 3.41. The van der Waals surface area contributed by atoms with Gasteiger partial charge >= 0.3 is 6.03 Å². The summed E-state index contributed by atoms with van der Waals surface area (Å²) < 4.78 is 0. The van der Waals surface area contributed by atoms with Crippen LogP contribution in [0.15, 0.2) is 0 Å². The predicted octanol–water partition coefficient (Wildman–Crippen LogP) is 2.37. The second-order valence-electron chi connectivity index (χ2n) is 6.54. The topological polar surface area (TPSA) is 52.6 Å². The van der Waals surface area contributed by atoms with E-state index < -0.39 is 0 Å². The summed E-state index contributed by atoms with van der Waals surface area (Å²) in [5.74, 6) is 0.308. The number of aliphatic hydroxyl groups is 1. The Kier molecular flexibility index (Phi) is 4.71. The Hall–Kier alpha value is -0.770. The van der Waals surface area contributed by atoms with Gasteiger partial charge in [0, 0.05) is 19.6 Å². The van der Waals surface area contributed by atoms with E-state index >= 15 is 0 Å². The van der Waals surface area contributed by atoms with Gasteiger partial charge in [-0.25, -0.2) is 4.79 Å². The lowest BCUT2D eigenvalue weighted by molar-refractivity contribution is 0.0413. The van der Waals surface area contributed by atoms with Crippen LogP contribution >= 0.6 is 0 Å². The Morgan fingerprint density at radius 2 is 2.21 bits per heavy atom. The van der Waals surface area contributed by atoms with E-state index in [1.165, 1.54) is 32.1 Å². The van der Waals surface area contributed by atoms with E-state index in [0.29, 0.717) is 17.9 Å².